The molecule has 3 aromatic rings. The highest BCUT2D eigenvalue weighted by Crippen LogP contribution is 2.12. The van der Waals surface area contributed by atoms with Gasteiger partial charge in [0.15, 0.2) is 6.10 Å². The van der Waals surface area contributed by atoms with E-state index in [0.29, 0.717) is 16.9 Å². The predicted molar refractivity (Wildman–Crippen MR) is 93.8 cm³/mol. The van der Waals surface area contributed by atoms with Crippen LogP contribution in [0.25, 0.3) is 5.69 Å². The van der Waals surface area contributed by atoms with E-state index in [4.69, 9.17) is 4.74 Å². The molecular weight excluding hydrogens is 334 g/mol. The second-order valence-corrected chi connectivity index (χ2v) is 5.70. The van der Waals surface area contributed by atoms with Crippen molar-refractivity contribution in [2.75, 3.05) is 5.32 Å². The van der Waals surface area contributed by atoms with Crippen molar-refractivity contribution in [3.63, 3.8) is 0 Å². The largest absolute Gasteiger partial charge is 0.449 e. The van der Waals surface area contributed by atoms with Crippen molar-refractivity contribution < 1.29 is 14.3 Å². The standard InChI is InChI=1S/C18H17N5O3/c1-12-3-7-15(8-4-12)20-17(24)13(2)26-18(25)14-5-9-16(10-6-14)23-11-19-21-22-23/h3-11,13H,1-2H3,(H,20,24)/t13-/m1/s1. The van der Waals surface area contributed by atoms with Crippen molar-refractivity contribution in [3.05, 3.63) is 66.0 Å². The number of nitrogens with one attached hydrogen (secondary N) is 1. The first-order valence-electron chi connectivity index (χ1n) is 7.95. The van der Waals surface area contributed by atoms with Crippen LogP contribution in [0.2, 0.25) is 0 Å². The molecular formula is C18H17N5O3. The second kappa shape index (κ2) is 7.56. The molecule has 0 bridgehead atoms. The number of aryl methyl sites for hydroxylation is 1. The molecule has 0 unspecified atom stereocenters. The van der Waals surface area contributed by atoms with Gasteiger partial charge in [0.2, 0.25) is 0 Å². The van der Waals surface area contributed by atoms with E-state index in [2.05, 4.69) is 20.8 Å². The highest BCUT2D eigenvalue weighted by atomic mass is 16.5. The smallest absolute Gasteiger partial charge is 0.338 e. The van der Waals surface area contributed by atoms with Crippen molar-refractivity contribution in [3.8, 4) is 5.69 Å². The van der Waals surface area contributed by atoms with Gasteiger partial charge in [-0.2, -0.15) is 0 Å². The number of carbonyl (C=O) groups is 2. The number of nitrogens with zero attached hydrogens (tertiary/aromatic N) is 4. The van der Waals surface area contributed by atoms with Gasteiger partial charge in [-0.25, -0.2) is 9.48 Å². The maximum absolute atomic E-state index is 12.2. The summed E-state index contributed by atoms with van der Waals surface area (Å²) in [4.78, 5) is 24.4. The van der Waals surface area contributed by atoms with Gasteiger partial charge in [-0.3, -0.25) is 4.79 Å². The number of hydrogen-bond acceptors (Lipinski definition) is 6. The monoisotopic (exact) mass is 351 g/mol. The van der Waals surface area contributed by atoms with Gasteiger partial charge in [-0.15, -0.1) is 5.10 Å². The molecule has 3 rings (SSSR count). The molecule has 0 radical (unpaired) electrons. The van der Waals surface area contributed by atoms with E-state index < -0.39 is 18.0 Å². The third kappa shape index (κ3) is 4.10. The number of hydrogen-bond donors (Lipinski definition) is 1. The number of benzene rings is 2. The number of anilines is 1. The Morgan fingerprint density at radius 2 is 1.77 bits per heavy atom. The zero-order chi connectivity index (χ0) is 18.5. The van der Waals surface area contributed by atoms with E-state index >= 15 is 0 Å². The fourth-order valence-electron chi connectivity index (χ4n) is 2.19. The van der Waals surface area contributed by atoms with Crippen LogP contribution < -0.4 is 5.32 Å². The molecule has 0 aliphatic rings. The van der Waals surface area contributed by atoms with Gasteiger partial charge in [0.1, 0.15) is 6.33 Å². The van der Waals surface area contributed by atoms with Crippen molar-refractivity contribution in [2.45, 2.75) is 20.0 Å². The summed E-state index contributed by atoms with van der Waals surface area (Å²) in [5.74, 6) is -0.979. The van der Waals surface area contributed by atoms with Crippen molar-refractivity contribution in [1.29, 1.82) is 0 Å². The lowest BCUT2D eigenvalue weighted by Crippen LogP contribution is -2.30. The number of tetrazole rings is 1. The Kier molecular flexibility index (Phi) is 5.02. The van der Waals surface area contributed by atoms with E-state index in [-0.39, 0.29) is 0 Å². The number of amides is 1. The van der Waals surface area contributed by atoms with Crippen LogP contribution in [0, 0.1) is 6.92 Å². The highest BCUT2D eigenvalue weighted by Gasteiger charge is 2.19. The van der Waals surface area contributed by atoms with E-state index in [1.165, 1.54) is 17.9 Å². The zero-order valence-electron chi connectivity index (χ0n) is 14.3. The van der Waals surface area contributed by atoms with Gasteiger partial charge in [0.05, 0.1) is 11.3 Å². The van der Waals surface area contributed by atoms with Gasteiger partial charge < -0.3 is 10.1 Å². The highest BCUT2D eigenvalue weighted by molar-refractivity contribution is 5.97. The van der Waals surface area contributed by atoms with Crippen LogP contribution in [-0.2, 0) is 9.53 Å². The van der Waals surface area contributed by atoms with Crippen molar-refractivity contribution in [1.82, 2.24) is 20.2 Å². The van der Waals surface area contributed by atoms with Gasteiger partial charge in [0, 0.05) is 5.69 Å². The lowest BCUT2D eigenvalue weighted by Gasteiger charge is -2.14. The lowest BCUT2D eigenvalue weighted by molar-refractivity contribution is -0.123. The Balaban J connectivity index is 1.59. The van der Waals surface area contributed by atoms with E-state index in [1.54, 1.807) is 36.4 Å². The molecule has 0 spiro atoms. The molecule has 0 aliphatic carbocycles. The van der Waals surface area contributed by atoms with Gasteiger partial charge in [-0.1, -0.05) is 17.7 Å². The summed E-state index contributed by atoms with van der Waals surface area (Å²) in [6, 6.07) is 13.9. The molecule has 0 aliphatic heterocycles. The normalized spacial score (nSPS) is 11.6. The van der Waals surface area contributed by atoms with Gasteiger partial charge >= 0.3 is 5.97 Å². The van der Waals surface area contributed by atoms with E-state index in [0.717, 1.165) is 5.56 Å². The van der Waals surface area contributed by atoms with Crippen molar-refractivity contribution >= 4 is 17.6 Å². The molecule has 8 heteroatoms. The zero-order valence-corrected chi connectivity index (χ0v) is 14.3. The number of ether oxygens (including phenoxy) is 1. The Morgan fingerprint density at radius 3 is 2.38 bits per heavy atom. The molecule has 1 amide bonds. The molecule has 1 N–H and O–H groups in total. The summed E-state index contributed by atoms with van der Waals surface area (Å²) in [6.07, 6.45) is 0.521. The minimum absolute atomic E-state index is 0.330. The maximum atomic E-state index is 12.2. The van der Waals surface area contributed by atoms with Gasteiger partial charge in [0.25, 0.3) is 5.91 Å². The average Bonchev–Trinajstić information content (AvgIpc) is 3.18. The molecule has 1 aromatic heterocycles. The Morgan fingerprint density at radius 1 is 1.08 bits per heavy atom. The Bertz CT molecular complexity index is 890. The first kappa shape index (κ1) is 17.3. The summed E-state index contributed by atoms with van der Waals surface area (Å²) in [7, 11) is 0. The van der Waals surface area contributed by atoms with Crippen LogP contribution in [0.15, 0.2) is 54.9 Å². The third-order valence-electron chi connectivity index (χ3n) is 3.69. The topological polar surface area (TPSA) is 99.0 Å². The summed E-state index contributed by atoms with van der Waals surface area (Å²) >= 11 is 0. The molecule has 0 saturated carbocycles. The molecule has 26 heavy (non-hydrogen) atoms. The fourth-order valence-corrected chi connectivity index (χ4v) is 2.19. The van der Waals surface area contributed by atoms with Crippen LogP contribution >= 0.6 is 0 Å². The fraction of sp³-hybridized carbons (Fsp3) is 0.167. The van der Waals surface area contributed by atoms with E-state index in [1.807, 2.05) is 19.1 Å². The molecule has 1 heterocycles. The summed E-state index contributed by atoms with van der Waals surface area (Å²) < 4.78 is 6.69. The number of rotatable bonds is 5. The first-order valence-corrected chi connectivity index (χ1v) is 7.95. The summed E-state index contributed by atoms with van der Waals surface area (Å²) in [6.45, 7) is 3.48. The molecule has 0 fully saturated rings. The quantitative estimate of drug-likeness (QED) is 0.707. The average molecular weight is 351 g/mol. The number of carbonyl (C=O) groups excluding carboxylic acids is 2. The molecule has 8 nitrogen and oxygen atoms in total. The van der Waals surface area contributed by atoms with E-state index in [9.17, 15) is 9.59 Å². The lowest BCUT2D eigenvalue weighted by atomic mass is 10.2. The SMILES string of the molecule is Cc1ccc(NC(=O)[C@@H](C)OC(=O)c2ccc(-n3cnnn3)cc2)cc1. The van der Waals surface area contributed by atoms with Crippen LogP contribution in [0.5, 0.6) is 0 Å². The number of esters is 1. The summed E-state index contributed by atoms with van der Waals surface area (Å²) in [5.41, 5.74) is 2.77. The van der Waals surface area contributed by atoms with Crippen LogP contribution in [-0.4, -0.2) is 38.2 Å². The van der Waals surface area contributed by atoms with Crippen LogP contribution in [0.1, 0.15) is 22.8 Å². The second-order valence-electron chi connectivity index (χ2n) is 5.70. The number of aromatic nitrogens is 4. The Hall–Kier alpha value is -3.55. The molecule has 2 aromatic carbocycles. The summed E-state index contributed by atoms with van der Waals surface area (Å²) in [5, 5.41) is 13.6. The Labute approximate surface area is 149 Å². The predicted octanol–water partition coefficient (Wildman–Crippen LogP) is 2.15. The maximum Gasteiger partial charge on any atom is 0.338 e. The molecule has 1 atom stereocenters. The first-order chi connectivity index (χ1) is 12.5. The van der Waals surface area contributed by atoms with Crippen molar-refractivity contribution in [2.24, 2.45) is 0 Å². The minimum atomic E-state index is -0.928. The minimum Gasteiger partial charge on any atom is -0.449 e. The van der Waals surface area contributed by atoms with Crippen LogP contribution in [0.3, 0.4) is 0 Å². The molecule has 132 valence electrons. The molecule has 0 saturated heterocycles. The van der Waals surface area contributed by atoms with Gasteiger partial charge in [-0.05, 0) is 60.7 Å². The third-order valence-corrected chi connectivity index (χ3v) is 3.69. The van der Waals surface area contributed by atoms with Crippen LogP contribution in [0.4, 0.5) is 5.69 Å².